The molecule has 0 radical (unpaired) electrons. The van der Waals surface area contributed by atoms with Crippen molar-refractivity contribution in [3.63, 3.8) is 0 Å². The Kier molecular flexibility index (Phi) is 4.31. The van der Waals surface area contributed by atoms with Crippen molar-refractivity contribution in [3.8, 4) is 0 Å². The highest BCUT2D eigenvalue weighted by Gasteiger charge is 2.35. The van der Waals surface area contributed by atoms with E-state index in [1.165, 1.54) is 6.42 Å². The van der Waals surface area contributed by atoms with E-state index < -0.39 is 0 Å². The monoisotopic (exact) mass is 252 g/mol. The van der Waals surface area contributed by atoms with Crippen molar-refractivity contribution < 1.29 is 4.79 Å². The van der Waals surface area contributed by atoms with E-state index in [0.29, 0.717) is 29.7 Å². The molecule has 2 fully saturated rings. The van der Waals surface area contributed by atoms with Crippen LogP contribution in [0.5, 0.6) is 0 Å². The molecule has 0 aromatic rings. The van der Waals surface area contributed by atoms with Gasteiger partial charge in [0.05, 0.1) is 0 Å². The predicted octanol–water partition coefficient (Wildman–Crippen LogP) is 2.25. The van der Waals surface area contributed by atoms with Crippen molar-refractivity contribution in [2.45, 2.75) is 52.5 Å². The van der Waals surface area contributed by atoms with Crippen LogP contribution in [0.15, 0.2) is 0 Å². The van der Waals surface area contributed by atoms with Crippen molar-refractivity contribution in [2.24, 2.45) is 29.4 Å². The van der Waals surface area contributed by atoms with E-state index in [9.17, 15) is 4.79 Å². The lowest BCUT2D eigenvalue weighted by Crippen LogP contribution is -2.41. The summed E-state index contributed by atoms with van der Waals surface area (Å²) in [6.45, 7) is 8.66. The van der Waals surface area contributed by atoms with Gasteiger partial charge in [0.1, 0.15) is 0 Å². The van der Waals surface area contributed by atoms with Crippen LogP contribution >= 0.6 is 0 Å². The topological polar surface area (TPSA) is 46.3 Å². The molecular weight excluding hydrogens is 224 g/mol. The van der Waals surface area contributed by atoms with Crippen LogP contribution in [0.2, 0.25) is 0 Å². The summed E-state index contributed by atoms with van der Waals surface area (Å²) in [6.07, 6.45) is 4.18. The SMILES string of the molecule is CC(C)C1CCN(C(=O)C2CCC(N)C(C)C2)C1. The summed E-state index contributed by atoms with van der Waals surface area (Å²) in [4.78, 5) is 14.6. The molecule has 2 rings (SSSR count). The van der Waals surface area contributed by atoms with E-state index in [-0.39, 0.29) is 5.92 Å². The first-order valence-corrected chi connectivity index (χ1v) is 7.53. The number of carbonyl (C=O) groups is 1. The normalized spacial score (nSPS) is 37.3. The van der Waals surface area contributed by atoms with Gasteiger partial charge in [0.15, 0.2) is 0 Å². The van der Waals surface area contributed by atoms with Gasteiger partial charge in [-0.15, -0.1) is 0 Å². The minimum absolute atomic E-state index is 0.241. The molecule has 0 spiro atoms. The van der Waals surface area contributed by atoms with Crippen LogP contribution in [0.4, 0.5) is 0 Å². The molecule has 1 amide bonds. The highest BCUT2D eigenvalue weighted by atomic mass is 16.2. The molecular formula is C15H28N2O. The van der Waals surface area contributed by atoms with Crippen LogP contribution in [0.25, 0.3) is 0 Å². The van der Waals surface area contributed by atoms with Gasteiger partial charge in [-0.25, -0.2) is 0 Å². The van der Waals surface area contributed by atoms with E-state index >= 15 is 0 Å². The molecule has 2 aliphatic rings. The van der Waals surface area contributed by atoms with E-state index in [1.54, 1.807) is 0 Å². The van der Waals surface area contributed by atoms with Gasteiger partial charge >= 0.3 is 0 Å². The second-order valence-electron chi connectivity index (χ2n) is 6.73. The number of amides is 1. The van der Waals surface area contributed by atoms with Crippen molar-refractivity contribution >= 4 is 5.91 Å². The summed E-state index contributed by atoms with van der Waals surface area (Å²) in [5.74, 6) is 2.54. The van der Waals surface area contributed by atoms with Gasteiger partial charge in [0.2, 0.25) is 5.91 Å². The molecule has 0 aromatic heterocycles. The highest BCUT2D eigenvalue weighted by molar-refractivity contribution is 5.79. The number of nitrogens with two attached hydrogens (primary N) is 1. The first kappa shape index (κ1) is 13.9. The Morgan fingerprint density at radius 3 is 2.56 bits per heavy atom. The van der Waals surface area contributed by atoms with Gasteiger partial charge in [-0.05, 0) is 43.4 Å². The Labute approximate surface area is 111 Å². The minimum atomic E-state index is 0.241. The maximum Gasteiger partial charge on any atom is 0.225 e. The molecule has 0 bridgehead atoms. The average Bonchev–Trinajstić information content (AvgIpc) is 2.81. The van der Waals surface area contributed by atoms with Crippen LogP contribution in [-0.2, 0) is 4.79 Å². The van der Waals surface area contributed by atoms with Crippen molar-refractivity contribution in [3.05, 3.63) is 0 Å². The van der Waals surface area contributed by atoms with E-state index in [1.807, 2.05) is 0 Å². The molecule has 3 heteroatoms. The molecule has 18 heavy (non-hydrogen) atoms. The zero-order valence-electron chi connectivity index (χ0n) is 12.1. The molecule has 0 aromatic carbocycles. The lowest BCUT2D eigenvalue weighted by Gasteiger charge is -2.33. The maximum absolute atomic E-state index is 12.5. The van der Waals surface area contributed by atoms with E-state index in [4.69, 9.17) is 5.73 Å². The van der Waals surface area contributed by atoms with Gasteiger partial charge < -0.3 is 10.6 Å². The molecule has 4 atom stereocenters. The Balaban J connectivity index is 1.89. The molecule has 1 aliphatic heterocycles. The predicted molar refractivity (Wildman–Crippen MR) is 74.0 cm³/mol. The minimum Gasteiger partial charge on any atom is -0.342 e. The first-order valence-electron chi connectivity index (χ1n) is 7.53. The number of nitrogens with zero attached hydrogens (tertiary/aromatic N) is 1. The molecule has 1 heterocycles. The quantitative estimate of drug-likeness (QED) is 0.819. The number of carbonyl (C=O) groups excluding carboxylic acids is 1. The number of hydrogen-bond acceptors (Lipinski definition) is 2. The number of hydrogen-bond donors (Lipinski definition) is 1. The molecule has 104 valence electrons. The second kappa shape index (κ2) is 5.60. The maximum atomic E-state index is 12.5. The van der Waals surface area contributed by atoms with Gasteiger partial charge in [-0.3, -0.25) is 4.79 Å². The summed E-state index contributed by atoms with van der Waals surface area (Å²) in [6, 6.07) is 0.302. The number of rotatable bonds is 2. The second-order valence-corrected chi connectivity index (χ2v) is 6.73. The molecule has 4 unspecified atom stereocenters. The van der Waals surface area contributed by atoms with Gasteiger partial charge in [0, 0.05) is 25.0 Å². The number of likely N-dealkylation sites (tertiary alicyclic amines) is 1. The Morgan fingerprint density at radius 2 is 2.00 bits per heavy atom. The van der Waals surface area contributed by atoms with Crippen molar-refractivity contribution in [1.82, 2.24) is 4.90 Å². The fourth-order valence-corrected chi connectivity index (χ4v) is 3.43. The molecule has 1 saturated carbocycles. The largest absolute Gasteiger partial charge is 0.342 e. The first-order chi connectivity index (χ1) is 8.49. The Bertz CT molecular complexity index is 303. The Morgan fingerprint density at radius 1 is 1.28 bits per heavy atom. The summed E-state index contributed by atoms with van der Waals surface area (Å²) >= 11 is 0. The molecule has 2 N–H and O–H groups in total. The lowest BCUT2D eigenvalue weighted by molar-refractivity contribution is -0.136. The van der Waals surface area contributed by atoms with E-state index in [2.05, 4.69) is 25.7 Å². The molecule has 3 nitrogen and oxygen atoms in total. The fraction of sp³-hybridized carbons (Fsp3) is 0.933. The van der Waals surface area contributed by atoms with Crippen LogP contribution in [-0.4, -0.2) is 29.9 Å². The molecule has 1 aliphatic carbocycles. The summed E-state index contributed by atoms with van der Waals surface area (Å²) < 4.78 is 0. The smallest absolute Gasteiger partial charge is 0.225 e. The van der Waals surface area contributed by atoms with Crippen molar-refractivity contribution in [2.75, 3.05) is 13.1 Å². The lowest BCUT2D eigenvalue weighted by atomic mass is 9.79. The standard InChI is InChI=1S/C15H28N2O/c1-10(2)13-6-7-17(9-13)15(18)12-4-5-14(16)11(3)8-12/h10-14H,4-9,16H2,1-3H3. The van der Waals surface area contributed by atoms with Crippen LogP contribution in [0, 0.1) is 23.7 Å². The van der Waals surface area contributed by atoms with Gasteiger partial charge in [-0.2, -0.15) is 0 Å². The van der Waals surface area contributed by atoms with Crippen LogP contribution in [0.1, 0.15) is 46.5 Å². The fourth-order valence-electron chi connectivity index (χ4n) is 3.43. The van der Waals surface area contributed by atoms with Crippen LogP contribution < -0.4 is 5.73 Å². The zero-order valence-corrected chi connectivity index (χ0v) is 12.1. The Hall–Kier alpha value is -0.570. The third-order valence-corrected chi connectivity index (χ3v) is 5.06. The zero-order chi connectivity index (χ0) is 13.3. The third kappa shape index (κ3) is 2.87. The highest BCUT2D eigenvalue weighted by Crippen LogP contribution is 2.32. The van der Waals surface area contributed by atoms with Crippen molar-refractivity contribution in [1.29, 1.82) is 0 Å². The molecule has 1 saturated heterocycles. The third-order valence-electron chi connectivity index (χ3n) is 5.06. The summed E-state index contributed by atoms with van der Waals surface area (Å²) in [7, 11) is 0. The van der Waals surface area contributed by atoms with Gasteiger partial charge in [-0.1, -0.05) is 20.8 Å². The average molecular weight is 252 g/mol. The van der Waals surface area contributed by atoms with E-state index in [0.717, 1.165) is 32.4 Å². The van der Waals surface area contributed by atoms with Gasteiger partial charge in [0.25, 0.3) is 0 Å². The summed E-state index contributed by atoms with van der Waals surface area (Å²) in [5, 5.41) is 0. The summed E-state index contributed by atoms with van der Waals surface area (Å²) in [5.41, 5.74) is 6.03. The van der Waals surface area contributed by atoms with Crippen LogP contribution in [0.3, 0.4) is 0 Å².